The first-order valence-electron chi connectivity index (χ1n) is 9.63. The van der Waals surface area contributed by atoms with Gasteiger partial charge in [0.1, 0.15) is 5.75 Å². The van der Waals surface area contributed by atoms with Crippen molar-refractivity contribution in [1.29, 1.82) is 0 Å². The molecule has 0 N–H and O–H groups in total. The lowest BCUT2D eigenvalue weighted by atomic mass is 9.80. The summed E-state index contributed by atoms with van der Waals surface area (Å²) in [5.41, 5.74) is 8.98. The quantitative estimate of drug-likeness (QED) is 0.403. The van der Waals surface area contributed by atoms with Gasteiger partial charge in [-0.1, -0.05) is 54.6 Å². The molecular formula is C26H19NO. The Morgan fingerprint density at radius 3 is 2.46 bits per heavy atom. The number of rotatable bonds is 1. The predicted octanol–water partition coefficient (Wildman–Crippen LogP) is 4.97. The van der Waals surface area contributed by atoms with Crippen molar-refractivity contribution in [3.05, 3.63) is 113 Å². The topological polar surface area (TPSA) is 13.6 Å². The zero-order valence-electron chi connectivity index (χ0n) is 15.6. The molecular weight excluding hydrogens is 342 g/mol. The highest BCUT2D eigenvalue weighted by Crippen LogP contribution is 2.40. The number of ether oxygens (including phenoxy) is 1. The van der Waals surface area contributed by atoms with Crippen molar-refractivity contribution >= 4 is 22.0 Å². The van der Waals surface area contributed by atoms with Gasteiger partial charge in [0.25, 0.3) is 0 Å². The van der Waals surface area contributed by atoms with Crippen molar-refractivity contribution in [1.82, 2.24) is 4.40 Å². The van der Waals surface area contributed by atoms with Gasteiger partial charge in [-0.2, -0.15) is 0 Å². The summed E-state index contributed by atoms with van der Waals surface area (Å²) in [4.78, 5) is 0. The Morgan fingerprint density at radius 1 is 0.750 bits per heavy atom. The van der Waals surface area contributed by atoms with Gasteiger partial charge >= 0.3 is 0 Å². The van der Waals surface area contributed by atoms with Crippen molar-refractivity contribution in [2.75, 3.05) is 7.11 Å². The van der Waals surface area contributed by atoms with Gasteiger partial charge in [-0.25, -0.2) is 0 Å². The van der Waals surface area contributed by atoms with Crippen LogP contribution in [-0.2, 0) is 6.42 Å². The van der Waals surface area contributed by atoms with Gasteiger partial charge < -0.3 is 9.14 Å². The van der Waals surface area contributed by atoms with Crippen LogP contribution in [0, 0.1) is 0 Å². The Hall–Kier alpha value is -3.52. The standard InChI is InChI=1S/C26H19NO/c1-28-23-14-6-9-18-16-17-8-2-3-10-19(17)26(24(18)23)25-20-11-4-5-12-21(20)27-15-7-13-22(25)27/h2-15H,16H2,1H3/b26-25-. The van der Waals surface area contributed by atoms with E-state index in [9.17, 15) is 0 Å². The number of aromatic nitrogens is 1. The molecule has 6 rings (SSSR count). The largest absolute Gasteiger partial charge is 0.496 e. The van der Waals surface area contributed by atoms with Crippen LogP contribution < -0.4 is 9.96 Å². The number of hydrogen-bond acceptors (Lipinski definition) is 1. The second kappa shape index (κ2) is 5.74. The number of nitrogens with zero attached hydrogens (tertiary/aromatic N) is 1. The van der Waals surface area contributed by atoms with Crippen molar-refractivity contribution in [2.24, 2.45) is 0 Å². The lowest BCUT2D eigenvalue weighted by Gasteiger charge is -2.24. The van der Waals surface area contributed by atoms with E-state index in [1.54, 1.807) is 7.11 Å². The van der Waals surface area contributed by atoms with E-state index in [1.165, 1.54) is 49.5 Å². The predicted molar refractivity (Wildman–Crippen MR) is 114 cm³/mol. The van der Waals surface area contributed by atoms with Crippen LogP contribution in [0.5, 0.6) is 5.75 Å². The molecule has 1 aliphatic carbocycles. The molecule has 2 heterocycles. The Labute approximate surface area is 163 Å². The molecule has 0 saturated heterocycles. The summed E-state index contributed by atoms with van der Waals surface area (Å²) in [5.74, 6) is 0.942. The summed E-state index contributed by atoms with van der Waals surface area (Å²) in [6.45, 7) is 0. The molecule has 0 unspecified atom stereocenters. The molecule has 5 aromatic rings. The first-order valence-corrected chi connectivity index (χ1v) is 9.63. The highest BCUT2D eigenvalue weighted by atomic mass is 16.5. The molecule has 2 aromatic heterocycles. The first kappa shape index (κ1) is 15.5. The monoisotopic (exact) mass is 361 g/mol. The van der Waals surface area contributed by atoms with Gasteiger partial charge in [-0.3, -0.25) is 0 Å². The second-order valence-corrected chi connectivity index (χ2v) is 7.36. The molecule has 0 aliphatic heterocycles. The third kappa shape index (κ3) is 1.97. The van der Waals surface area contributed by atoms with Gasteiger partial charge in [0.15, 0.2) is 0 Å². The summed E-state index contributed by atoms with van der Waals surface area (Å²) in [6, 6.07) is 28.2. The fourth-order valence-electron chi connectivity index (χ4n) is 4.79. The van der Waals surface area contributed by atoms with E-state index < -0.39 is 0 Å². The zero-order chi connectivity index (χ0) is 18.7. The molecule has 0 amide bonds. The van der Waals surface area contributed by atoms with Gasteiger partial charge in [0, 0.05) is 27.9 Å². The molecule has 2 nitrogen and oxygen atoms in total. The van der Waals surface area contributed by atoms with Crippen molar-refractivity contribution in [2.45, 2.75) is 6.42 Å². The molecule has 0 saturated carbocycles. The number of methoxy groups -OCH3 is 1. The zero-order valence-corrected chi connectivity index (χ0v) is 15.6. The third-order valence-electron chi connectivity index (χ3n) is 5.94. The smallest absolute Gasteiger partial charge is 0.127 e. The minimum Gasteiger partial charge on any atom is -0.496 e. The molecule has 0 radical (unpaired) electrons. The minimum atomic E-state index is 0.933. The van der Waals surface area contributed by atoms with Crippen LogP contribution in [0.1, 0.15) is 22.3 Å². The summed E-state index contributed by atoms with van der Waals surface area (Å²) >= 11 is 0. The Kier molecular flexibility index (Phi) is 3.18. The second-order valence-electron chi connectivity index (χ2n) is 7.36. The average molecular weight is 361 g/mol. The highest BCUT2D eigenvalue weighted by Gasteiger charge is 2.25. The molecule has 0 bridgehead atoms. The lowest BCUT2D eigenvalue weighted by Crippen LogP contribution is -2.16. The van der Waals surface area contributed by atoms with Crippen LogP contribution >= 0.6 is 0 Å². The van der Waals surface area contributed by atoms with Crippen LogP contribution in [0.2, 0.25) is 0 Å². The van der Waals surface area contributed by atoms with Gasteiger partial charge in [-0.15, -0.1) is 0 Å². The highest BCUT2D eigenvalue weighted by molar-refractivity contribution is 5.98. The maximum absolute atomic E-state index is 5.83. The Morgan fingerprint density at radius 2 is 1.54 bits per heavy atom. The van der Waals surface area contributed by atoms with Crippen molar-refractivity contribution in [3.8, 4) is 5.75 Å². The fraction of sp³-hybridized carbons (Fsp3) is 0.0769. The van der Waals surface area contributed by atoms with Crippen molar-refractivity contribution in [3.63, 3.8) is 0 Å². The average Bonchev–Trinajstić information content (AvgIpc) is 3.33. The number of fused-ring (bicyclic) bond motifs is 5. The van der Waals surface area contributed by atoms with E-state index in [4.69, 9.17) is 4.74 Å². The van der Waals surface area contributed by atoms with Gasteiger partial charge in [0.2, 0.25) is 0 Å². The van der Waals surface area contributed by atoms with E-state index in [-0.39, 0.29) is 0 Å². The van der Waals surface area contributed by atoms with Crippen LogP contribution in [0.3, 0.4) is 0 Å². The molecule has 134 valence electrons. The molecule has 3 aromatic carbocycles. The van der Waals surface area contributed by atoms with Crippen LogP contribution in [0.4, 0.5) is 0 Å². The first-order chi connectivity index (χ1) is 13.9. The molecule has 0 atom stereocenters. The minimum absolute atomic E-state index is 0.933. The maximum Gasteiger partial charge on any atom is 0.127 e. The molecule has 28 heavy (non-hydrogen) atoms. The van der Waals surface area contributed by atoms with Crippen LogP contribution in [-0.4, -0.2) is 11.5 Å². The summed E-state index contributed by atoms with van der Waals surface area (Å²) in [6.07, 6.45) is 3.09. The van der Waals surface area contributed by atoms with Crippen molar-refractivity contribution < 1.29 is 4.74 Å². The van der Waals surface area contributed by atoms with E-state index in [0.29, 0.717) is 0 Å². The normalized spacial score (nSPS) is 14.9. The summed E-state index contributed by atoms with van der Waals surface area (Å²) in [5, 5.41) is 2.57. The summed E-state index contributed by atoms with van der Waals surface area (Å²) < 4.78 is 8.13. The number of para-hydroxylation sites is 1. The van der Waals surface area contributed by atoms with Crippen LogP contribution in [0.25, 0.3) is 22.0 Å². The fourth-order valence-corrected chi connectivity index (χ4v) is 4.79. The number of hydrogen-bond donors (Lipinski definition) is 0. The Balaban J connectivity index is 1.93. The van der Waals surface area contributed by atoms with E-state index in [1.807, 2.05) is 0 Å². The van der Waals surface area contributed by atoms with E-state index >= 15 is 0 Å². The summed E-state index contributed by atoms with van der Waals surface area (Å²) in [7, 11) is 1.77. The molecule has 0 fully saturated rings. The SMILES string of the molecule is COc1cccc2c1/C(=c1/c3ccccc3n3cccc13)c1ccccc1C2. The number of benzene rings is 3. The molecule has 2 heteroatoms. The lowest BCUT2D eigenvalue weighted by molar-refractivity contribution is 0.413. The van der Waals surface area contributed by atoms with E-state index in [0.717, 1.165) is 12.2 Å². The van der Waals surface area contributed by atoms with E-state index in [2.05, 4.69) is 89.5 Å². The van der Waals surface area contributed by atoms with Crippen LogP contribution in [0.15, 0.2) is 85.1 Å². The Bertz CT molecular complexity index is 1420. The van der Waals surface area contributed by atoms with Gasteiger partial charge in [0.05, 0.1) is 18.1 Å². The maximum atomic E-state index is 5.83. The third-order valence-corrected chi connectivity index (χ3v) is 5.94. The molecule has 0 spiro atoms. The van der Waals surface area contributed by atoms with Gasteiger partial charge in [-0.05, 0) is 47.4 Å². The molecule has 1 aliphatic rings.